The van der Waals surface area contributed by atoms with Gasteiger partial charge in [0.25, 0.3) is 0 Å². The minimum absolute atomic E-state index is 0. The summed E-state index contributed by atoms with van der Waals surface area (Å²) in [6.07, 6.45) is 7.97. The van der Waals surface area contributed by atoms with Crippen molar-refractivity contribution in [3.63, 3.8) is 0 Å². The van der Waals surface area contributed by atoms with Crippen molar-refractivity contribution in [3.05, 3.63) is 29.8 Å². The van der Waals surface area contributed by atoms with E-state index >= 15 is 0 Å². The third-order valence-electron chi connectivity index (χ3n) is 3.98. The second-order valence-corrected chi connectivity index (χ2v) is 5.56. The first-order chi connectivity index (χ1) is 10.3. The Hall–Kier alpha value is -1.52. The van der Waals surface area contributed by atoms with Crippen LogP contribution >= 0.6 is 12.4 Å². The van der Waals surface area contributed by atoms with E-state index in [1.54, 1.807) is 6.08 Å². The topological polar surface area (TPSA) is 38.8 Å². The highest BCUT2D eigenvalue weighted by atomic mass is 35.5. The van der Waals surface area contributed by atoms with Crippen molar-refractivity contribution in [1.29, 1.82) is 0 Å². The standard InChI is InChI=1S/C17H21NO3.ClH/c19-15(8-11-18-9-2-1-3-10-18)6-4-14-5-7-16-17(12-14)21-13-20-16;/h4-7,12H,1-3,8-11,13H2;1H. The molecule has 0 unspecified atom stereocenters. The van der Waals surface area contributed by atoms with E-state index in [1.807, 2.05) is 24.3 Å². The van der Waals surface area contributed by atoms with E-state index in [9.17, 15) is 4.79 Å². The van der Waals surface area contributed by atoms with Gasteiger partial charge in [0.15, 0.2) is 17.3 Å². The van der Waals surface area contributed by atoms with Gasteiger partial charge in [-0.05, 0) is 49.7 Å². The number of nitrogens with zero attached hydrogens (tertiary/aromatic N) is 1. The van der Waals surface area contributed by atoms with E-state index in [4.69, 9.17) is 9.47 Å². The fraction of sp³-hybridized carbons (Fsp3) is 0.471. The molecule has 1 fully saturated rings. The van der Waals surface area contributed by atoms with Crippen molar-refractivity contribution in [2.75, 3.05) is 26.4 Å². The Kier molecular flexibility index (Phi) is 6.28. The molecule has 2 aliphatic rings. The van der Waals surface area contributed by atoms with E-state index in [0.29, 0.717) is 6.42 Å². The number of carbonyl (C=O) groups is 1. The first-order valence-electron chi connectivity index (χ1n) is 7.64. The summed E-state index contributed by atoms with van der Waals surface area (Å²) in [5, 5.41) is 0. The first-order valence-corrected chi connectivity index (χ1v) is 7.64. The summed E-state index contributed by atoms with van der Waals surface area (Å²) in [6, 6.07) is 5.71. The molecule has 2 heterocycles. The van der Waals surface area contributed by atoms with Gasteiger partial charge in [-0.3, -0.25) is 4.79 Å². The van der Waals surface area contributed by atoms with Gasteiger partial charge in [0.05, 0.1) is 0 Å². The van der Waals surface area contributed by atoms with Crippen LogP contribution in [-0.4, -0.2) is 37.1 Å². The lowest BCUT2D eigenvalue weighted by molar-refractivity contribution is -0.114. The SMILES string of the molecule is Cl.O=C(C=Cc1ccc2c(c1)OCO2)CCN1CCCCC1. The zero-order valence-corrected chi connectivity index (χ0v) is 13.4. The zero-order valence-electron chi connectivity index (χ0n) is 12.6. The highest BCUT2D eigenvalue weighted by molar-refractivity contribution is 5.93. The largest absolute Gasteiger partial charge is 0.454 e. The number of hydrogen-bond donors (Lipinski definition) is 0. The van der Waals surface area contributed by atoms with Crippen molar-refractivity contribution >= 4 is 24.3 Å². The second-order valence-electron chi connectivity index (χ2n) is 5.56. The zero-order chi connectivity index (χ0) is 14.5. The smallest absolute Gasteiger partial charge is 0.231 e. The predicted molar refractivity (Wildman–Crippen MR) is 88.8 cm³/mol. The number of rotatable bonds is 5. The van der Waals surface area contributed by atoms with Gasteiger partial charge in [-0.2, -0.15) is 0 Å². The van der Waals surface area contributed by atoms with Gasteiger partial charge in [-0.15, -0.1) is 12.4 Å². The van der Waals surface area contributed by atoms with Crippen LogP contribution in [0.15, 0.2) is 24.3 Å². The maximum absolute atomic E-state index is 11.9. The maximum Gasteiger partial charge on any atom is 0.231 e. The lowest BCUT2D eigenvalue weighted by Crippen LogP contribution is -2.31. The number of allylic oxidation sites excluding steroid dienone is 1. The number of ketones is 1. The Bertz CT molecular complexity index is 539. The van der Waals surface area contributed by atoms with Crippen molar-refractivity contribution in [3.8, 4) is 11.5 Å². The van der Waals surface area contributed by atoms with Crippen molar-refractivity contribution in [2.24, 2.45) is 0 Å². The number of carbonyl (C=O) groups excluding carboxylic acids is 1. The molecular weight excluding hydrogens is 302 g/mol. The lowest BCUT2D eigenvalue weighted by Gasteiger charge is -2.25. The van der Waals surface area contributed by atoms with Crippen LogP contribution in [0.5, 0.6) is 11.5 Å². The molecule has 0 atom stereocenters. The lowest BCUT2D eigenvalue weighted by atomic mass is 10.1. The summed E-state index contributed by atoms with van der Waals surface area (Å²) in [4.78, 5) is 14.3. The van der Waals surface area contributed by atoms with Gasteiger partial charge in [0.1, 0.15) is 0 Å². The van der Waals surface area contributed by atoms with Gasteiger partial charge in [-0.1, -0.05) is 18.6 Å². The molecule has 1 aromatic carbocycles. The number of fused-ring (bicyclic) bond motifs is 1. The molecule has 0 radical (unpaired) electrons. The Morgan fingerprint density at radius 2 is 1.91 bits per heavy atom. The summed E-state index contributed by atoms with van der Waals surface area (Å²) in [7, 11) is 0. The van der Waals surface area contributed by atoms with Crippen LogP contribution in [0.2, 0.25) is 0 Å². The molecule has 0 amide bonds. The third kappa shape index (κ3) is 4.49. The molecule has 22 heavy (non-hydrogen) atoms. The third-order valence-corrected chi connectivity index (χ3v) is 3.98. The average molecular weight is 324 g/mol. The van der Waals surface area contributed by atoms with Crippen LogP contribution in [0.25, 0.3) is 6.08 Å². The molecule has 1 aromatic rings. The van der Waals surface area contributed by atoms with E-state index in [0.717, 1.165) is 36.7 Å². The summed E-state index contributed by atoms with van der Waals surface area (Å²) < 4.78 is 10.6. The van der Waals surface area contributed by atoms with Crippen molar-refractivity contribution < 1.29 is 14.3 Å². The highest BCUT2D eigenvalue weighted by Crippen LogP contribution is 2.32. The Morgan fingerprint density at radius 3 is 2.73 bits per heavy atom. The normalized spacial score (nSPS) is 17.5. The average Bonchev–Trinajstić information content (AvgIpc) is 2.99. The van der Waals surface area contributed by atoms with Crippen molar-refractivity contribution in [2.45, 2.75) is 25.7 Å². The maximum atomic E-state index is 11.9. The molecule has 0 N–H and O–H groups in total. The molecule has 120 valence electrons. The van der Waals surface area contributed by atoms with Crippen LogP contribution in [0.1, 0.15) is 31.2 Å². The van der Waals surface area contributed by atoms with Crippen LogP contribution < -0.4 is 9.47 Å². The molecule has 0 spiro atoms. The minimum Gasteiger partial charge on any atom is -0.454 e. The molecule has 2 aliphatic heterocycles. The fourth-order valence-electron chi connectivity index (χ4n) is 2.74. The Morgan fingerprint density at radius 1 is 1.14 bits per heavy atom. The molecule has 0 aliphatic carbocycles. The monoisotopic (exact) mass is 323 g/mol. The summed E-state index contributed by atoms with van der Waals surface area (Å²) >= 11 is 0. The van der Waals surface area contributed by atoms with Crippen LogP contribution in [0.4, 0.5) is 0 Å². The molecule has 1 saturated heterocycles. The van der Waals surface area contributed by atoms with Crippen LogP contribution in [0.3, 0.4) is 0 Å². The van der Waals surface area contributed by atoms with E-state index in [2.05, 4.69) is 4.90 Å². The van der Waals surface area contributed by atoms with E-state index in [-0.39, 0.29) is 25.0 Å². The van der Waals surface area contributed by atoms with Crippen LogP contribution in [0, 0.1) is 0 Å². The number of ether oxygens (including phenoxy) is 2. The molecule has 3 rings (SSSR count). The number of halogens is 1. The molecule has 5 heteroatoms. The quantitative estimate of drug-likeness (QED) is 0.779. The number of hydrogen-bond acceptors (Lipinski definition) is 4. The van der Waals surface area contributed by atoms with Gasteiger partial charge in [-0.25, -0.2) is 0 Å². The number of likely N-dealkylation sites (tertiary alicyclic amines) is 1. The minimum atomic E-state index is 0. The van der Waals surface area contributed by atoms with Gasteiger partial charge in [0, 0.05) is 13.0 Å². The number of piperidine rings is 1. The fourth-order valence-corrected chi connectivity index (χ4v) is 2.74. The molecular formula is C17H22ClNO3. The van der Waals surface area contributed by atoms with E-state index in [1.165, 1.54) is 19.3 Å². The Balaban J connectivity index is 0.00000176. The second kappa shape index (κ2) is 8.20. The number of benzene rings is 1. The highest BCUT2D eigenvalue weighted by Gasteiger charge is 2.13. The molecule has 4 nitrogen and oxygen atoms in total. The van der Waals surface area contributed by atoms with Crippen LogP contribution in [-0.2, 0) is 4.79 Å². The summed E-state index contributed by atoms with van der Waals surface area (Å²) in [5.41, 5.74) is 0.963. The van der Waals surface area contributed by atoms with Gasteiger partial charge in [0.2, 0.25) is 6.79 Å². The molecule has 0 saturated carbocycles. The first kappa shape index (κ1) is 16.8. The molecule has 0 aromatic heterocycles. The van der Waals surface area contributed by atoms with Gasteiger partial charge >= 0.3 is 0 Å². The summed E-state index contributed by atoms with van der Waals surface area (Å²) in [6.45, 7) is 3.43. The van der Waals surface area contributed by atoms with E-state index < -0.39 is 0 Å². The summed E-state index contributed by atoms with van der Waals surface area (Å²) in [5.74, 6) is 1.69. The Labute approximate surface area is 137 Å². The van der Waals surface area contributed by atoms with Gasteiger partial charge < -0.3 is 14.4 Å². The predicted octanol–water partition coefficient (Wildman–Crippen LogP) is 3.30. The van der Waals surface area contributed by atoms with Crippen molar-refractivity contribution in [1.82, 2.24) is 4.90 Å². The molecule has 0 bridgehead atoms.